The topological polar surface area (TPSA) is 62.5 Å². The fraction of sp³-hybridized carbons (Fsp3) is 0.353. The second-order valence-electron chi connectivity index (χ2n) is 5.98. The number of hydrogen-bond donors (Lipinski definition) is 0. The van der Waals surface area contributed by atoms with Gasteiger partial charge >= 0.3 is 0 Å². The van der Waals surface area contributed by atoms with Gasteiger partial charge in [0.2, 0.25) is 0 Å². The van der Waals surface area contributed by atoms with Gasteiger partial charge in [0.15, 0.2) is 0 Å². The minimum Gasteiger partial charge on any atom is -0.363 e. The zero-order valence-corrected chi connectivity index (χ0v) is 15.1. The highest BCUT2D eigenvalue weighted by atomic mass is 79.9. The van der Waals surface area contributed by atoms with Crippen molar-refractivity contribution >= 4 is 27.3 Å². The second-order valence-corrected chi connectivity index (χ2v) is 6.90. The number of anilines is 1. The highest BCUT2D eigenvalue weighted by Gasteiger charge is 2.23. The Morgan fingerprint density at radius 2 is 1.96 bits per heavy atom. The van der Waals surface area contributed by atoms with Crippen LogP contribution in [0, 0.1) is 17.0 Å². The first-order valence-corrected chi connectivity index (χ1v) is 8.65. The molecule has 2 aromatic rings. The molecule has 3 rings (SSSR count). The first kappa shape index (κ1) is 16.9. The third-order valence-corrected chi connectivity index (χ3v) is 4.68. The minimum atomic E-state index is -0.291. The van der Waals surface area contributed by atoms with E-state index in [0.29, 0.717) is 5.69 Å². The first-order valence-electron chi connectivity index (χ1n) is 7.86. The number of nitrogens with zero attached hydrogens (tertiary/aromatic N) is 4. The average molecular weight is 391 g/mol. The number of nitro groups is 1. The van der Waals surface area contributed by atoms with E-state index in [-0.39, 0.29) is 10.6 Å². The van der Waals surface area contributed by atoms with E-state index in [0.717, 1.165) is 48.5 Å². The van der Waals surface area contributed by atoms with Crippen LogP contribution in [0.3, 0.4) is 0 Å². The Labute approximate surface area is 149 Å². The molecule has 0 amide bonds. The van der Waals surface area contributed by atoms with Crippen molar-refractivity contribution in [1.29, 1.82) is 0 Å². The summed E-state index contributed by atoms with van der Waals surface area (Å²) in [5.41, 5.74) is 2.85. The summed E-state index contributed by atoms with van der Waals surface area (Å²) in [5.74, 6) is 0. The summed E-state index contributed by atoms with van der Waals surface area (Å²) >= 11 is 3.39. The Kier molecular flexibility index (Phi) is 5.11. The Morgan fingerprint density at radius 3 is 2.58 bits per heavy atom. The van der Waals surface area contributed by atoms with Crippen LogP contribution in [-0.4, -0.2) is 41.0 Å². The molecule has 0 spiro atoms. The van der Waals surface area contributed by atoms with Crippen molar-refractivity contribution in [1.82, 2.24) is 9.88 Å². The van der Waals surface area contributed by atoms with Gasteiger partial charge in [-0.1, -0.05) is 6.07 Å². The van der Waals surface area contributed by atoms with E-state index in [1.165, 1.54) is 0 Å². The van der Waals surface area contributed by atoms with Crippen LogP contribution in [0.5, 0.6) is 0 Å². The zero-order chi connectivity index (χ0) is 17.1. The SMILES string of the molecule is Cc1ccc(N2CCN(Cc3ccc(Br)cn3)CC2)c([N+](=O)[O-])c1. The van der Waals surface area contributed by atoms with Crippen LogP contribution < -0.4 is 4.90 Å². The first-order chi connectivity index (χ1) is 11.5. The van der Waals surface area contributed by atoms with Gasteiger partial charge in [-0.2, -0.15) is 0 Å². The number of rotatable bonds is 4. The molecule has 1 saturated heterocycles. The number of pyridine rings is 1. The molecular formula is C17H19BrN4O2. The second kappa shape index (κ2) is 7.27. The molecule has 1 aliphatic rings. The van der Waals surface area contributed by atoms with Crippen molar-refractivity contribution < 1.29 is 4.92 Å². The van der Waals surface area contributed by atoms with Crippen LogP contribution in [0.2, 0.25) is 0 Å². The van der Waals surface area contributed by atoms with E-state index < -0.39 is 0 Å². The maximum atomic E-state index is 11.3. The normalized spacial score (nSPS) is 15.5. The molecule has 2 heterocycles. The molecular weight excluding hydrogens is 372 g/mol. The molecule has 1 aromatic heterocycles. The Hall–Kier alpha value is -1.99. The van der Waals surface area contributed by atoms with Gasteiger partial charge in [-0.15, -0.1) is 0 Å². The lowest BCUT2D eigenvalue weighted by Crippen LogP contribution is -2.46. The van der Waals surface area contributed by atoms with Crippen molar-refractivity contribution in [3.8, 4) is 0 Å². The third-order valence-electron chi connectivity index (χ3n) is 4.21. The molecule has 6 nitrogen and oxygen atoms in total. The predicted molar refractivity (Wildman–Crippen MR) is 97.3 cm³/mol. The molecule has 1 aromatic carbocycles. The van der Waals surface area contributed by atoms with E-state index >= 15 is 0 Å². The van der Waals surface area contributed by atoms with Crippen LogP contribution in [0.1, 0.15) is 11.3 Å². The highest BCUT2D eigenvalue weighted by molar-refractivity contribution is 9.10. The molecule has 24 heavy (non-hydrogen) atoms. The van der Waals surface area contributed by atoms with Crippen LogP contribution in [0.25, 0.3) is 0 Å². The number of halogens is 1. The van der Waals surface area contributed by atoms with E-state index in [1.807, 2.05) is 31.2 Å². The third kappa shape index (κ3) is 3.91. The summed E-state index contributed by atoms with van der Waals surface area (Å²) < 4.78 is 0.975. The van der Waals surface area contributed by atoms with Gasteiger partial charge in [0.1, 0.15) is 5.69 Å². The molecule has 0 saturated carbocycles. The van der Waals surface area contributed by atoms with Crippen molar-refractivity contribution in [2.45, 2.75) is 13.5 Å². The Balaban J connectivity index is 1.65. The largest absolute Gasteiger partial charge is 0.363 e. The van der Waals surface area contributed by atoms with Crippen LogP contribution in [0.15, 0.2) is 41.0 Å². The molecule has 0 unspecified atom stereocenters. The molecule has 0 atom stereocenters. The Morgan fingerprint density at radius 1 is 1.21 bits per heavy atom. The van der Waals surface area contributed by atoms with E-state index in [1.54, 1.807) is 12.3 Å². The van der Waals surface area contributed by atoms with Gasteiger partial charge in [-0.3, -0.25) is 20.0 Å². The summed E-state index contributed by atoms with van der Waals surface area (Å²) in [5, 5.41) is 11.3. The molecule has 0 bridgehead atoms. The van der Waals surface area contributed by atoms with E-state index in [4.69, 9.17) is 0 Å². The smallest absolute Gasteiger partial charge is 0.292 e. The maximum absolute atomic E-state index is 11.3. The standard InChI is InChI=1S/C17H19BrN4O2/c1-13-2-5-16(17(10-13)22(23)24)21-8-6-20(7-9-21)12-15-4-3-14(18)11-19-15/h2-5,10-11H,6-9,12H2,1H3. The summed E-state index contributed by atoms with van der Waals surface area (Å²) in [6.07, 6.45) is 1.81. The van der Waals surface area contributed by atoms with Gasteiger partial charge in [-0.05, 0) is 46.6 Å². The van der Waals surface area contributed by atoms with Gasteiger partial charge < -0.3 is 4.90 Å². The van der Waals surface area contributed by atoms with Gasteiger partial charge in [0, 0.05) is 49.5 Å². The highest BCUT2D eigenvalue weighted by Crippen LogP contribution is 2.30. The number of benzene rings is 1. The molecule has 126 valence electrons. The van der Waals surface area contributed by atoms with Gasteiger partial charge in [0.25, 0.3) is 5.69 Å². The van der Waals surface area contributed by atoms with Gasteiger partial charge in [0.05, 0.1) is 10.6 Å². The van der Waals surface area contributed by atoms with Crippen molar-refractivity contribution in [2.75, 3.05) is 31.1 Å². The molecule has 0 aliphatic carbocycles. The summed E-state index contributed by atoms with van der Waals surface area (Å²) in [6, 6.07) is 9.45. The lowest BCUT2D eigenvalue weighted by molar-refractivity contribution is -0.384. The number of hydrogen-bond acceptors (Lipinski definition) is 5. The van der Waals surface area contributed by atoms with E-state index in [2.05, 4.69) is 30.7 Å². The molecule has 1 aliphatic heterocycles. The fourth-order valence-electron chi connectivity index (χ4n) is 2.92. The molecule has 0 radical (unpaired) electrons. The van der Waals surface area contributed by atoms with Gasteiger partial charge in [-0.25, -0.2) is 0 Å². The zero-order valence-electron chi connectivity index (χ0n) is 13.5. The average Bonchev–Trinajstić information content (AvgIpc) is 2.58. The summed E-state index contributed by atoms with van der Waals surface area (Å²) in [7, 11) is 0. The van der Waals surface area contributed by atoms with Crippen LogP contribution in [-0.2, 0) is 6.54 Å². The van der Waals surface area contributed by atoms with Crippen molar-refractivity contribution in [3.05, 3.63) is 62.4 Å². The lowest BCUT2D eigenvalue weighted by Gasteiger charge is -2.35. The van der Waals surface area contributed by atoms with Crippen molar-refractivity contribution in [2.24, 2.45) is 0 Å². The lowest BCUT2D eigenvalue weighted by atomic mass is 10.1. The van der Waals surface area contributed by atoms with Crippen LogP contribution in [0.4, 0.5) is 11.4 Å². The number of nitro benzene ring substituents is 1. The monoisotopic (exact) mass is 390 g/mol. The quantitative estimate of drug-likeness (QED) is 0.591. The molecule has 1 fully saturated rings. The summed E-state index contributed by atoms with van der Waals surface area (Å²) in [6.45, 7) is 5.96. The minimum absolute atomic E-state index is 0.193. The number of piperazine rings is 1. The number of aromatic nitrogens is 1. The summed E-state index contributed by atoms with van der Waals surface area (Å²) in [4.78, 5) is 19.8. The predicted octanol–water partition coefficient (Wildman–Crippen LogP) is 3.38. The number of aryl methyl sites for hydroxylation is 1. The molecule has 7 heteroatoms. The molecule has 0 N–H and O–H groups in total. The van der Waals surface area contributed by atoms with Crippen LogP contribution >= 0.6 is 15.9 Å². The maximum Gasteiger partial charge on any atom is 0.292 e. The fourth-order valence-corrected chi connectivity index (χ4v) is 3.16. The Bertz CT molecular complexity index is 728. The van der Waals surface area contributed by atoms with E-state index in [9.17, 15) is 10.1 Å². The van der Waals surface area contributed by atoms with Crippen molar-refractivity contribution in [3.63, 3.8) is 0 Å².